The Hall–Kier alpha value is -3.24. The van der Waals surface area contributed by atoms with Crippen molar-refractivity contribution in [1.82, 2.24) is 4.90 Å². The van der Waals surface area contributed by atoms with Crippen LogP contribution in [0.1, 0.15) is 36.6 Å². The number of aliphatic hydroxyl groups excluding tert-OH is 1. The molecule has 1 aromatic heterocycles. The summed E-state index contributed by atoms with van der Waals surface area (Å²) in [5.74, 6) is -1.53. The number of benzene rings is 2. The third-order valence-corrected chi connectivity index (χ3v) is 9.48. The highest BCUT2D eigenvalue weighted by atomic mass is 32.1. The van der Waals surface area contributed by atoms with Crippen molar-refractivity contribution >= 4 is 47.1 Å². The highest BCUT2D eigenvalue weighted by Crippen LogP contribution is 2.50. The molecular weight excluding hydrogens is 525 g/mol. The molecule has 3 aromatic rings. The molecule has 0 radical (unpaired) electrons. The van der Waals surface area contributed by atoms with Crippen LogP contribution in [0.2, 0.25) is 6.32 Å². The summed E-state index contributed by atoms with van der Waals surface area (Å²) in [7, 11) is -1.04. The van der Waals surface area contributed by atoms with Gasteiger partial charge < -0.3 is 19.9 Å². The van der Waals surface area contributed by atoms with Crippen molar-refractivity contribution in [3.8, 4) is 5.75 Å². The predicted octanol–water partition coefficient (Wildman–Crippen LogP) is 4.78. The molecule has 3 N–H and O–H groups in total. The first-order valence-electron chi connectivity index (χ1n) is 13.8. The van der Waals surface area contributed by atoms with Crippen molar-refractivity contribution < 1.29 is 29.5 Å². The van der Waals surface area contributed by atoms with Crippen molar-refractivity contribution in [3.63, 3.8) is 0 Å². The van der Waals surface area contributed by atoms with Gasteiger partial charge >= 0.3 is 7.12 Å². The summed E-state index contributed by atoms with van der Waals surface area (Å²) in [4.78, 5) is 29.3. The molecule has 206 valence electrons. The van der Waals surface area contributed by atoms with E-state index in [0.717, 1.165) is 37.9 Å². The largest absolute Gasteiger partial charge is 0.507 e. The van der Waals surface area contributed by atoms with Crippen LogP contribution in [0.15, 0.2) is 70.6 Å². The normalized spacial score (nSPS) is 25.1. The average Bonchev–Trinajstić information content (AvgIpc) is 3.55. The first kappa shape index (κ1) is 27.0. The highest BCUT2D eigenvalue weighted by Gasteiger charge is 2.57. The zero-order valence-electron chi connectivity index (χ0n) is 22.3. The summed E-state index contributed by atoms with van der Waals surface area (Å²) >= 11 is 1.51. The van der Waals surface area contributed by atoms with Gasteiger partial charge in [-0.05, 0) is 78.0 Å². The number of phenolic OH excluding ortho intramolecular Hbond substituents is 1. The van der Waals surface area contributed by atoms with Crippen molar-refractivity contribution in [1.29, 1.82) is 0 Å². The fraction of sp³-hybridized carbons (Fsp3) is 0.355. The van der Waals surface area contributed by atoms with E-state index >= 15 is 0 Å². The number of amides is 2. The second-order valence-corrected chi connectivity index (χ2v) is 12.1. The number of imide groups is 1. The molecule has 0 spiro atoms. The number of allylic oxidation sites excluding steroid dienone is 1. The van der Waals surface area contributed by atoms with Gasteiger partial charge in [-0.2, -0.15) is 0 Å². The number of nitrogens with zero attached hydrogens (tertiary/aromatic N) is 1. The molecule has 9 heteroatoms. The molecule has 0 saturated carbocycles. The Morgan fingerprint density at radius 2 is 1.90 bits per heavy atom. The lowest BCUT2D eigenvalue weighted by molar-refractivity contribution is -0.140. The number of carbonyl (C=O) groups is 2. The van der Waals surface area contributed by atoms with E-state index in [1.165, 1.54) is 16.2 Å². The van der Waals surface area contributed by atoms with Crippen LogP contribution in [-0.4, -0.2) is 51.8 Å². The topological polar surface area (TPSA) is 107 Å². The van der Waals surface area contributed by atoms with Crippen LogP contribution in [0.5, 0.6) is 5.75 Å². The quantitative estimate of drug-likeness (QED) is 0.219. The number of carbonyl (C=O) groups excluding carboxylic acids is 2. The van der Waals surface area contributed by atoms with E-state index in [2.05, 4.69) is 6.08 Å². The molecule has 6 rings (SSSR count). The van der Waals surface area contributed by atoms with E-state index in [1.54, 1.807) is 6.07 Å². The second kappa shape index (κ2) is 11.0. The van der Waals surface area contributed by atoms with E-state index < -0.39 is 25.1 Å². The molecule has 4 atom stereocenters. The van der Waals surface area contributed by atoms with Crippen LogP contribution in [0.4, 0.5) is 0 Å². The fourth-order valence-electron chi connectivity index (χ4n) is 6.82. The SMILES string of the molecule is C/C(=C\c1ccc(O)c2ccccc12)CC[C@H]1OB(O)C[C@H]2C1=C(CO)C[C@H]1C(=O)N(Cc3cccs3)C(=O)[C@H]12. The summed E-state index contributed by atoms with van der Waals surface area (Å²) in [6.45, 7) is 2.10. The van der Waals surface area contributed by atoms with E-state index in [-0.39, 0.29) is 43.0 Å². The smallest absolute Gasteiger partial charge is 0.455 e. The molecule has 2 aliphatic heterocycles. The summed E-state index contributed by atoms with van der Waals surface area (Å²) in [6.07, 6.45) is 3.46. The van der Waals surface area contributed by atoms with Crippen LogP contribution >= 0.6 is 11.3 Å². The average molecular weight is 557 g/mol. The van der Waals surface area contributed by atoms with Crippen LogP contribution < -0.4 is 0 Å². The first-order valence-corrected chi connectivity index (χ1v) is 14.6. The molecular formula is C31H32BNO6S. The van der Waals surface area contributed by atoms with Gasteiger partial charge in [0.1, 0.15) is 5.75 Å². The summed E-state index contributed by atoms with van der Waals surface area (Å²) in [5, 5.41) is 35.0. The van der Waals surface area contributed by atoms with Crippen molar-refractivity contribution in [2.45, 2.75) is 45.2 Å². The Morgan fingerprint density at radius 1 is 1.10 bits per heavy atom. The number of thiophene rings is 1. The lowest BCUT2D eigenvalue weighted by Gasteiger charge is -2.42. The van der Waals surface area contributed by atoms with Crippen LogP contribution in [0.3, 0.4) is 0 Å². The highest BCUT2D eigenvalue weighted by molar-refractivity contribution is 7.09. The molecule has 40 heavy (non-hydrogen) atoms. The maximum absolute atomic E-state index is 13.6. The van der Waals surface area contributed by atoms with Gasteiger partial charge in [0.05, 0.1) is 31.1 Å². The Morgan fingerprint density at radius 3 is 2.65 bits per heavy atom. The standard InChI is InChI=1S/C31H32BNO6S/c1-18(13-19-9-10-26(35)23-7-3-2-6-22(19)23)8-11-27-28-20(17-34)14-24-29(25(28)15-32(38)39-27)31(37)33(30(24)36)16-21-5-4-12-40-21/h2-7,9-10,12-13,24-25,27,29,34-35,38H,8,11,14-17H2,1H3/b18-13+/t24-,25+,27-,29-/m1/s1. The van der Waals surface area contributed by atoms with E-state index in [1.807, 2.05) is 54.8 Å². The minimum atomic E-state index is -1.04. The predicted molar refractivity (Wildman–Crippen MR) is 155 cm³/mol. The maximum Gasteiger partial charge on any atom is 0.455 e. The summed E-state index contributed by atoms with van der Waals surface area (Å²) < 4.78 is 6.02. The molecule has 7 nitrogen and oxygen atoms in total. The second-order valence-electron chi connectivity index (χ2n) is 11.1. The lowest BCUT2D eigenvalue weighted by atomic mass is 9.58. The Bertz CT molecular complexity index is 1520. The van der Waals surface area contributed by atoms with Crippen molar-refractivity contribution in [3.05, 3.63) is 81.1 Å². The van der Waals surface area contributed by atoms with Gasteiger partial charge in [0, 0.05) is 10.3 Å². The number of aromatic hydroxyl groups is 1. The summed E-state index contributed by atoms with van der Waals surface area (Å²) in [5.41, 5.74) is 3.75. The number of hydrogen-bond donors (Lipinski definition) is 3. The minimum Gasteiger partial charge on any atom is -0.507 e. The van der Waals surface area contributed by atoms with Gasteiger partial charge in [0.25, 0.3) is 0 Å². The molecule has 2 amide bonds. The van der Waals surface area contributed by atoms with Gasteiger partial charge in [-0.3, -0.25) is 14.5 Å². The van der Waals surface area contributed by atoms with E-state index in [4.69, 9.17) is 4.65 Å². The number of phenols is 1. The van der Waals surface area contributed by atoms with Gasteiger partial charge in [-0.15, -0.1) is 11.3 Å². The monoisotopic (exact) mass is 557 g/mol. The molecule has 0 unspecified atom stereocenters. The number of fused-ring (bicyclic) bond motifs is 4. The Kier molecular flexibility index (Phi) is 7.40. The Labute approximate surface area is 237 Å². The minimum absolute atomic E-state index is 0.189. The zero-order chi connectivity index (χ0) is 28.0. The molecule has 3 heterocycles. The van der Waals surface area contributed by atoms with Gasteiger partial charge in [-0.25, -0.2) is 0 Å². The zero-order valence-corrected chi connectivity index (χ0v) is 23.1. The van der Waals surface area contributed by atoms with Gasteiger partial charge in [0.2, 0.25) is 11.8 Å². The van der Waals surface area contributed by atoms with E-state index in [9.17, 15) is 24.8 Å². The van der Waals surface area contributed by atoms with Crippen LogP contribution in [-0.2, 0) is 20.8 Å². The lowest BCUT2D eigenvalue weighted by Crippen LogP contribution is -2.46. The van der Waals surface area contributed by atoms with Gasteiger partial charge in [-0.1, -0.05) is 48.0 Å². The number of likely N-dealkylation sites (tertiary alicyclic amines) is 1. The molecule has 2 saturated heterocycles. The van der Waals surface area contributed by atoms with Crippen molar-refractivity contribution in [2.75, 3.05) is 6.61 Å². The van der Waals surface area contributed by atoms with Gasteiger partial charge in [0.15, 0.2) is 0 Å². The number of hydrogen-bond acceptors (Lipinski definition) is 7. The third kappa shape index (κ3) is 4.81. The molecule has 2 fully saturated rings. The molecule has 0 bridgehead atoms. The maximum atomic E-state index is 13.6. The van der Waals surface area contributed by atoms with Crippen LogP contribution in [0.25, 0.3) is 16.8 Å². The summed E-state index contributed by atoms with van der Waals surface area (Å²) in [6, 6.07) is 15.1. The first-order chi connectivity index (χ1) is 19.4. The fourth-order valence-corrected chi connectivity index (χ4v) is 7.51. The van der Waals surface area contributed by atoms with Crippen LogP contribution in [0, 0.1) is 17.8 Å². The third-order valence-electron chi connectivity index (χ3n) is 8.62. The number of aliphatic hydroxyl groups is 1. The molecule has 2 aromatic carbocycles. The molecule has 1 aliphatic carbocycles. The van der Waals surface area contributed by atoms with Crippen molar-refractivity contribution in [2.24, 2.45) is 17.8 Å². The van der Waals surface area contributed by atoms with E-state index in [0.29, 0.717) is 19.3 Å². The Balaban J connectivity index is 1.24. The molecule has 3 aliphatic rings. The number of rotatable bonds is 7.